The highest BCUT2D eigenvalue weighted by Crippen LogP contribution is 2.22. The molecule has 0 saturated heterocycles. The summed E-state index contributed by atoms with van der Waals surface area (Å²) in [6, 6.07) is 9.80. The van der Waals surface area contributed by atoms with E-state index in [9.17, 15) is 0 Å². The molecular weight excluding hydrogens is 333 g/mol. The zero-order valence-corrected chi connectivity index (χ0v) is 13.7. The van der Waals surface area contributed by atoms with Gasteiger partial charge in [0.15, 0.2) is 5.82 Å². The Kier molecular flexibility index (Phi) is 4.81. The lowest BCUT2D eigenvalue weighted by Crippen LogP contribution is -2.01. The van der Waals surface area contributed by atoms with Gasteiger partial charge in [-0.05, 0) is 17.2 Å². The van der Waals surface area contributed by atoms with E-state index in [-0.39, 0.29) is 0 Å². The number of rotatable bonds is 5. The standard InChI is InChI=1S/C16H15Cl2N5/c17-13-5-15(18)16(21-8-13)23-10-14(9-22-23)20-7-12-3-1-11(6-19)2-4-12/h1-5,8-10,20H,6-7,19H2. The molecule has 0 unspecified atom stereocenters. The average molecular weight is 348 g/mol. The van der Waals surface area contributed by atoms with Crippen molar-refractivity contribution >= 4 is 28.9 Å². The molecule has 0 fully saturated rings. The maximum Gasteiger partial charge on any atom is 0.172 e. The van der Waals surface area contributed by atoms with Crippen molar-refractivity contribution in [2.24, 2.45) is 5.73 Å². The van der Waals surface area contributed by atoms with E-state index in [0.29, 0.717) is 29.0 Å². The summed E-state index contributed by atoms with van der Waals surface area (Å²) in [7, 11) is 0. The van der Waals surface area contributed by atoms with Crippen LogP contribution in [-0.4, -0.2) is 14.8 Å². The highest BCUT2D eigenvalue weighted by molar-refractivity contribution is 6.35. The lowest BCUT2D eigenvalue weighted by molar-refractivity contribution is 0.847. The van der Waals surface area contributed by atoms with Gasteiger partial charge in [0.1, 0.15) is 0 Å². The van der Waals surface area contributed by atoms with Crippen LogP contribution in [0, 0.1) is 0 Å². The van der Waals surface area contributed by atoms with Gasteiger partial charge in [0.25, 0.3) is 0 Å². The summed E-state index contributed by atoms with van der Waals surface area (Å²) in [4.78, 5) is 4.20. The second-order valence-electron chi connectivity index (χ2n) is 5.01. The maximum atomic E-state index is 6.14. The minimum absolute atomic E-state index is 0.449. The minimum atomic E-state index is 0.449. The van der Waals surface area contributed by atoms with Gasteiger partial charge in [-0.2, -0.15) is 5.10 Å². The van der Waals surface area contributed by atoms with Crippen molar-refractivity contribution in [1.29, 1.82) is 0 Å². The highest BCUT2D eigenvalue weighted by Gasteiger charge is 2.07. The molecule has 0 bridgehead atoms. The van der Waals surface area contributed by atoms with Crippen LogP contribution in [-0.2, 0) is 13.1 Å². The summed E-state index contributed by atoms with van der Waals surface area (Å²) >= 11 is 12.0. The molecule has 7 heteroatoms. The van der Waals surface area contributed by atoms with Gasteiger partial charge in [0.05, 0.1) is 28.1 Å². The fourth-order valence-electron chi connectivity index (χ4n) is 2.10. The second-order valence-corrected chi connectivity index (χ2v) is 5.85. The van der Waals surface area contributed by atoms with Gasteiger partial charge >= 0.3 is 0 Å². The van der Waals surface area contributed by atoms with Gasteiger partial charge < -0.3 is 11.1 Å². The molecule has 0 aliphatic rings. The average Bonchev–Trinajstić information content (AvgIpc) is 3.02. The molecule has 0 radical (unpaired) electrons. The maximum absolute atomic E-state index is 6.14. The predicted molar refractivity (Wildman–Crippen MR) is 93.0 cm³/mol. The summed E-state index contributed by atoms with van der Waals surface area (Å²) in [6.07, 6.45) is 5.09. The number of aromatic nitrogens is 3. The smallest absolute Gasteiger partial charge is 0.172 e. The molecule has 0 spiro atoms. The van der Waals surface area contributed by atoms with E-state index in [1.807, 2.05) is 18.3 Å². The summed E-state index contributed by atoms with van der Waals surface area (Å²) in [5, 5.41) is 8.51. The topological polar surface area (TPSA) is 68.8 Å². The molecule has 0 saturated carbocycles. The van der Waals surface area contributed by atoms with Crippen LogP contribution in [0.4, 0.5) is 5.69 Å². The number of anilines is 1. The van der Waals surface area contributed by atoms with Gasteiger partial charge in [-0.15, -0.1) is 0 Å². The zero-order valence-electron chi connectivity index (χ0n) is 12.2. The Balaban J connectivity index is 1.69. The highest BCUT2D eigenvalue weighted by atomic mass is 35.5. The number of benzene rings is 1. The fraction of sp³-hybridized carbons (Fsp3) is 0.125. The van der Waals surface area contributed by atoms with Gasteiger partial charge in [-0.1, -0.05) is 47.5 Å². The Bertz CT molecular complexity index is 798. The molecule has 3 rings (SSSR count). The Morgan fingerprint density at radius 2 is 1.83 bits per heavy atom. The predicted octanol–water partition coefficient (Wildman–Crippen LogP) is 3.64. The van der Waals surface area contributed by atoms with Crippen molar-refractivity contribution in [3.63, 3.8) is 0 Å². The summed E-state index contributed by atoms with van der Waals surface area (Å²) in [6.45, 7) is 1.24. The molecule has 2 heterocycles. The Morgan fingerprint density at radius 3 is 2.52 bits per heavy atom. The lowest BCUT2D eigenvalue weighted by Gasteiger charge is -2.05. The van der Waals surface area contributed by atoms with Gasteiger partial charge in [-0.25, -0.2) is 9.67 Å². The molecule has 0 aliphatic carbocycles. The van der Waals surface area contributed by atoms with Crippen molar-refractivity contribution in [3.8, 4) is 5.82 Å². The first-order chi connectivity index (χ1) is 11.2. The second kappa shape index (κ2) is 7.00. The molecule has 3 N–H and O–H groups in total. The number of hydrogen-bond acceptors (Lipinski definition) is 4. The van der Waals surface area contributed by atoms with E-state index in [1.165, 1.54) is 6.20 Å². The molecule has 118 valence electrons. The molecule has 5 nitrogen and oxygen atoms in total. The first kappa shape index (κ1) is 15.8. The van der Waals surface area contributed by atoms with Crippen molar-refractivity contribution in [2.45, 2.75) is 13.1 Å². The van der Waals surface area contributed by atoms with Crippen molar-refractivity contribution < 1.29 is 0 Å². The monoisotopic (exact) mass is 347 g/mol. The van der Waals surface area contributed by atoms with E-state index in [2.05, 4.69) is 27.5 Å². The number of halogens is 2. The van der Waals surface area contributed by atoms with E-state index in [4.69, 9.17) is 28.9 Å². The Labute approximate surface area is 144 Å². The molecule has 3 aromatic rings. The Morgan fingerprint density at radius 1 is 1.09 bits per heavy atom. The molecule has 1 aromatic carbocycles. The number of pyridine rings is 1. The van der Waals surface area contributed by atoms with Crippen LogP contribution in [0.5, 0.6) is 0 Å². The number of nitrogens with one attached hydrogen (secondary N) is 1. The van der Waals surface area contributed by atoms with Crippen LogP contribution in [0.3, 0.4) is 0 Å². The van der Waals surface area contributed by atoms with Crippen molar-refractivity contribution in [2.75, 3.05) is 5.32 Å². The van der Waals surface area contributed by atoms with Gasteiger partial charge in [0, 0.05) is 19.3 Å². The fourth-order valence-corrected chi connectivity index (χ4v) is 2.57. The third-order valence-electron chi connectivity index (χ3n) is 3.34. The van der Waals surface area contributed by atoms with E-state index in [1.54, 1.807) is 16.9 Å². The van der Waals surface area contributed by atoms with Gasteiger partial charge in [-0.3, -0.25) is 0 Å². The van der Waals surface area contributed by atoms with Crippen LogP contribution in [0.15, 0.2) is 48.9 Å². The van der Waals surface area contributed by atoms with Crippen LogP contribution in [0.2, 0.25) is 10.0 Å². The molecule has 0 amide bonds. The Hall–Kier alpha value is -2.08. The molecule has 2 aromatic heterocycles. The van der Waals surface area contributed by atoms with Crippen LogP contribution in [0.1, 0.15) is 11.1 Å². The normalized spacial score (nSPS) is 10.7. The first-order valence-electron chi connectivity index (χ1n) is 7.03. The number of nitrogens with two attached hydrogens (primary N) is 1. The van der Waals surface area contributed by atoms with E-state index in [0.717, 1.165) is 16.8 Å². The summed E-state index contributed by atoms with van der Waals surface area (Å²) < 4.78 is 1.61. The largest absolute Gasteiger partial charge is 0.378 e. The molecular formula is C16H15Cl2N5. The van der Waals surface area contributed by atoms with E-state index >= 15 is 0 Å². The third-order valence-corrected chi connectivity index (χ3v) is 3.83. The zero-order chi connectivity index (χ0) is 16.2. The van der Waals surface area contributed by atoms with Gasteiger partial charge in [0.2, 0.25) is 0 Å². The quantitative estimate of drug-likeness (QED) is 0.739. The lowest BCUT2D eigenvalue weighted by atomic mass is 10.1. The van der Waals surface area contributed by atoms with E-state index < -0.39 is 0 Å². The SMILES string of the molecule is NCc1ccc(CNc2cnn(-c3ncc(Cl)cc3Cl)c2)cc1. The van der Waals surface area contributed by atoms with Crippen LogP contribution >= 0.6 is 23.2 Å². The number of hydrogen-bond donors (Lipinski definition) is 2. The molecule has 23 heavy (non-hydrogen) atoms. The molecule has 0 atom stereocenters. The minimum Gasteiger partial charge on any atom is -0.378 e. The van der Waals surface area contributed by atoms with Crippen molar-refractivity contribution in [3.05, 3.63) is 70.1 Å². The molecule has 0 aliphatic heterocycles. The summed E-state index contributed by atoms with van der Waals surface area (Å²) in [5.41, 5.74) is 8.75. The first-order valence-corrected chi connectivity index (χ1v) is 7.79. The number of nitrogens with zero attached hydrogens (tertiary/aromatic N) is 3. The van der Waals surface area contributed by atoms with Crippen molar-refractivity contribution in [1.82, 2.24) is 14.8 Å². The van der Waals surface area contributed by atoms with Crippen LogP contribution < -0.4 is 11.1 Å². The van der Waals surface area contributed by atoms with Crippen LogP contribution in [0.25, 0.3) is 5.82 Å². The summed E-state index contributed by atoms with van der Waals surface area (Å²) in [5.74, 6) is 0.538. The third kappa shape index (κ3) is 3.82.